The summed E-state index contributed by atoms with van der Waals surface area (Å²) in [6.07, 6.45) is 3.67. The number of aromatic nitrogens is 2. The summed E-state index contributed by atoms with van der Waals surface area (Å²) >= 11 is 0. The number of fused-ring (bicyclic) bond motifs is 2. The van der Waals surface area contributed by atoms with Gasteiger partial charge in [-0.3, -0.25) is 4.90 Å². The van der Waals surface area contributed by atoms with E-state index < -0.39 is 0 Å². The number of nitrogens with one attached hydrogen (secondary N) is 1. The molecule has 16 heavy (non-hydrogen) atoms. The van der Waals surface area contributed by atoms with Crippen LogP contribution in [0.25, 0.3) is 0 Å². The molecule has 0 aromatic carbocycles. The fraction of sp³-hybridized carbons (Fsp3) is 0.636. The third-order valence-corrected chi connectivity index (χ3v) is 3.50. The topological polar surface area (TPSA) is 58.2 Å². The Morgan fingerprint density at radius 3 is 3.38 bits per heavy atom. The predicted octanol–water partition coefficient (Wildman–Crippen LogP) is 1.80. The number of rotatable bonds is 1. The Morgan fingerprint density at radius 1 is 1.69 bits per heavy atom. The minimum absolute atomic E-state index is 0.140. The molecule has 1 amide bonds. The molecule has 0 radical (unpaired) electrons. The summed E-state index contributed by atoms with van der Waals surface area (Å²) in [6, 6.07) is 0.140. The fourth-order valence-electron chi connectivity index (χ4n) is 2.81. The molecular formula is C11H15N3O2. The van der Waals surface area contributed by atoms with Crippen LogP contribution in [0.3, 0.4) is 0 Å². The molecule has 1 aromatic rings. The zero-order chi connectivity index (χ0) is 11.1. The van der Waals surface area contributed by atoms with E-state index in [9.17, 15) is 4.79 Å². The second-order valence-corrected chi connectivity index (χ2v) is 4.34. The van der Waals surface area contributed by atoms with Gasteiger partial charge in [-0.1, -0.05) is 0 Å². The predicted molar refractivity (Wildman–Crippen MR) is 57.0 cm³/mol. The molecule has 5 nitrogen and oxygen atoms in total. The number of imidazole rings is 1. The molecule has 2 bridgehead atoms. The number of carbonyl (C=O) groups is 1. The van der Waals surface area contributed by atoms with E-state index in [2.05, 4.69) is 9.97 Å². The third-order valence-electron chi connectivity index (χ3n) is 3.50. The molecule has 1 aliphatic carbocycles. The fourth-order valence-corrected chi connectivity index (χ4v) is 2.81. The lowest BCUT2D eigenvalue weighted by Crippen LogP contribution is -2.46. The van der Waals surface area contributed by atoms with Gasteiger partial charge in [0, 0.05) is 12.5 Å². The summed E-state index contributed by atoms with van der Waals surface area (Å²) in [7, 11) is 0. The molecule has 1 N–H and O–H groups in total. The van der Waals surface area contributed by atoms with Gasteiger partial charge in [0.25, 0.3) is 0 Å². The molecule has 4 rings (SSSR count). The number of piperidine rings is 1. The number of ether oxygens (including phenoxy) is 1. The first-order valence-corrected chi connectivity index (χ1v) is 5.77. The Balaban J connectivity index is 1.90. The van der Waals surface area contributed by atoms with Gasteiger partial charge < -0.3 is 9.72 Å². The van der Waals surface area contributed by atoms with Crippen molar-refractivity contribution in [3.05, 3.63) is 17.7 Å². The molecule has 2 unspecified atom stereocenters. The largest absolute Gasteiger partial charge is 0.450 e. The van der Waals surface area contributed by atoms with Crippen LogP contribution >= 0.6 is 0 Å². The normalized spacial score (nSPS) is 26.7. The molecule has 1 saturated heterocycles. The van der Waals surface area contributed by atoms with Crippen molar-refractivity contribution >= 4 is 6.09 Å². The first-order valence-electron chi connectivity index (χ1n) is 5.77. The monoisotopic (exact) mass is 221 g/mol. The third kappa shape index (κ3) is 1.24. The summed E-state index contributed by atoms with van der Waals surface area (Å²) in [6.45, 7) is 3.02. The quantitative estimate of drug-likeness (QED) is 0.786. The second-order valence-electron chi connectivity index (χ2n) is 4.34. The van der Waals surface area contributed by atoms with Gasteiger partial charge in [-0.05, 0) is 19.8 Å². The van der Waals surface area contributed by atoms with Crippen molar-refractivity contribution in [1.29, 1.82) is 0 Å². The van der Waals surface area contributed by atoms with Gasteiger partial charge in [-0.2, -0.15) is 0 Å². The molecule has 3 aliphatic rings. The van der Waals surface area contributed by atoms with Crippen LogP contribution in [0.2, 0.25) is 0 Å². The van der Waals surface area contributed by atoms with Crippen molar-refractivity contribution < 1.29 is 9.53 Å². The molecule has 1 aromatic heterocycles. The van der Waals surface area contributed by atoms with Gasteiger partial charge in [0.2, 0.25) is 0 Å². The number of hydrogen-bond donors (Lipinski definition) is 1. The Labute approximate surface area is 93.8 Å². The molecule has 0 spiro atoms. The van der Waals surface area contributed by atoms with E-state index in [0.29, 0.717) is 12.5 Å². The number of H-pyrrole nitrogens is 1. The summed E-state index contributed by atoms with van der Waals surface area (Å²) in [5.74, 6) is 0.385. The average Bonchev–Trinajstić information content (AvgIpc) is 2.80. The van der Waals surface area contributed by atoms with Crippen LogP contribution in [-0.4, -0.2) is 34.1 Å². The van der Waals surface area contributed by atoms with Crippen LogP contribution in [0.4, 0.5) is 4.79 Å². The van der Waals surface area contributed by atoms with Gasteiger partial charge >= 0.3 is 6.09 Å². The van der Waals surface area contributed by atoms with Crippen molar-refractivity contribution in [3.8, 4) is 0 Å². The molecule has 86 valence electrons. The van der Waals surface area contributed by atoms with Crippen molar-refractivity contribution in [3.63, 3.8) is 0 Å². The minimum Gasteiger partial charge on any atom is -0.450 e. The van der Waals surface area contributed by atoms with Crippen LogP contribution < -0.4 is 0 Å². The van der Waals surface area contributed by atoms with Crippen LogP contribution in [0.15, 0.2) is 6.33 Å². The van der Waals surface area contributed by atoms with E-state index in [-0.39, 0.29) is 12.1 Å². The highest BCUT2D eigenvalue weighted by Gasteiger charge is 2.42. The molecule has 3 heterocycles. The second kappa shape index (κ2) is 3.50. The Kier molecular flexibility index (Phi) is 2.12. The van der Waals surface area contributed by atoms with Gasteiger partial charge in [0.15, 0.2) is 0 Å². The van der Waals surface area contributed by atoms with Gasteiger partial charge in [-0.15, -0.1) is 0 Å². The Bertz CT molecular complexity index is 415. The molecule has 1 fully saturated rings. The van der Waals surface area contributed by atoms with Gasteiger partial charge in [0.1, 0.15) is 0 Å². The molecule has 0 saturated carbocycles. The van der Waals surface area contributed by atoms with Crippen molar-refractivity contribution in [2.75, 3.05) is 13.2 Å². The average molecular weight is 221 g/mol. The zero-order valence-corrected chi connectivity index (χ0v) is 9.27. The van der Waals surface area contributed by atoms with E-state index in [1.54, 1.807) is 6.33 Å². The number of nitrogens with zero attached hydrogens (tertiary/aromatic N) is 2. The number of amides is 1. The van der Waals surface area contributed by atoms with Crippen LogP contribution in [0, 0.1) is 0 Å². The van der Waals surface area contributed by atoms with Crippen molar-refractivity contribution in [1.82, 2.24) is 14.9 Å². The maximum absolute atomic E-state index is 11.8. The maximum Gasteiger partial charge on any atom is 0.410 e. The van der Waals surface area contributed by atoms with Crippen molar-refractivity contribution in [2.24, 2.45) is 0 Å². The zero-order valence-electron chi connectivity index (χ0n) is 9.27. The van der Waals surface area contributed by atoms with E-state index in [0.717, 1.165) is 30.8 Å². The van der Waals surface area contributed by atoms with E-state index in [1.807, 2.05) is 11.8 Å². The van der Waals surface area contributed by atoms with Gasteiger partial charge in [-0.25, -0.2) is 9.78 Å². The molecular weight excluding hydrogens is 206 g/mol. The van der Waals surface area contributed by atoms with Crippen LogP contribution in [-0.2, 0) is 4.74 Å². The summed E-state index contributed by atoms with van der Waals surface area (Å²) in [4.78, 5) is 21.1. The SMILES string of the molecule is CCOC(=O)N1CC2CCC1c1[nH]cnc12. The van der Waals surface area contributed by atoms with Crippen LogP contribution in [0.1, 0.15) is 43.1 Å². The highest BCUT2D eigenvalue weighted by atomic mass is 16.6. The first kappa shape index (κ1) is 9.69. The van der Waals surface area contributed by atoms with E-state index in [1.165, 1.54) is 0 Å². The Morgan fingerprint density at radius 2 is 2.56 bits per heavy atom. The number of carbonyl (C=O) groups excluding carboxylic acids is 1. The first-order chi connectivity index (χ1) is 7.81. The number of aromatic amines is 1. The highest BCUT2D eigenvalue weighted by molar-refractivity contribution is 5.69. The smallest absolute Gasteiger partial charge is 0.410 e. The summed E-state index contributed by atoms with van der Waals surface area (Å²) < 4.78 is 5.08. The van der Waals surface area contributed by atoms with Crippen LogP contribution in [0.5, 0.6) is 0 Å². The summed E-state index contributed by atoms with van der Waals surface area (Å²) in [5.41, 5.74) is 2.26. The molecule has 5 heteroatoms. The number of hydrogen-bond acceptors (Lipinski definition) is 3. The maximum atomic E-state index is 11.8. The van der Waals surface area contributed by atoms with Gasteiger partial charge in [0.05, 0.1) is 30.4 Å². The molecule has 2 atom stereocenters. The summed E-state index contributed by atoms with van der Waals surface area (Å²) in [5, 5.41) is 0. The molecule has 2 aliphatic heterocycles. The van der Waals surface area contributed by atoms with Crippen molar-refractivity contribution in [2.45, 2.75) is 31.7 Å². The lowest BCUT2D eigenvalue weighted by molar-refractivity contribution is 0.0617. The Hall–Kier alpha value is -1.52. The standard InChI is InChI=1S/C11H15N3O2/c1-2-16-11(15)14-5-7-3-4-8(14)10-9(7)12-6-13-10/h6-8H,2-5H2,1H3,(H,12,13). The van der Waals surface area contributed by atoms with E-state index >= 15 is 0 Å². The lowest BCUT2D eigenvalue weighted by atomic mass is 9.81. The highest BCUT2D eigenvalue weighted by Crippen LogP contribution is 2.45. The lowest BCUT2D eigenvalue weighted by Gasteiger charge is -2.43. The minimum atomic E-state index is -0.197. The van der Waals surface area contributed by atoms with E-state index in [4.69, 9.17) is 4.74 Å².